The molecule has 0 atom stereocenters. The minimum absolute atomic E-state index is 0.0457. The molecule has 0 aliphatic rings. The average Bonchev–Trinajstić information content (AvgIpc) is 2.39. The molecule has 104 valence electrons. The normalized spacial score (nSPS) is 10.4. The molecule has 2 N–H and O–H groups in total. The molecule has 2 aromatic carbocycles. The summed E-state index contributed by atoms with van der Waals surface area (Å²) < 4.78 is 19.9. The van der Waals surface area contributed by atoms with Gasteiger partial charge in [-0.3, -0.25) is 0 Å². The van der Waals surface area contributed by atoms with Gasteiger partial charge in [-0.25, -0.2) is 4.39 Å². The van der Waals surface area contributed by atoms with Crippen LogP contribution in [0.5, 0.6) is 11.5 Å². The number of halogens is 3. The van der Waals surface area contributed by atoms with E-state index in [4.69, 9.17) is 34.3 Å². The molecule has 0 heterocycles. The van der Waals surface area contributed by atoms with Gasteiger partial charge in [-0.05, 0) is 52.7 Å². The monoisotopic (exact) mass is 373 g/mol. The molecule has 0 aromatic heterocycles. The van der Waals surface area contributed by atoms with E-state index in [9.17, 15) is 4.39 Å². The topological polar surface area (TPSA) is 35.2 Å². The molecule has 20 heavy (non-hydrogen) atoms. The Morgan fingerprint density at radius 1 is 1.30 bits per heavy atom. The second-order valence-corrected chi connectivity index (χ2v) is 5.78. The van der Waals surface area contributed by atoms with Gasteiger partial charge in [0.25, 0.3) is 0 Å². The first-order chi connectivity index (χ1) is 9.40. The van der Waals surface area contributed by atoms with Crippen molar-refractivity contribution in [3.8, 4) is 11.5 Å². The lowest BCUT2D eigenvalue weighted by molar-refractivity contribution is 0.440. The fraction of sp³-hybridized carbons (Fsp3) is 0.0714. The van der Waals surface area contributed by atoms with Crippen molar-refractivity contribution in [2.45, 2.75) is 6.92 Å². The predicted molar refractivity (Wildman–Crippen MR) is 86.3 cm³/mol. The van der Waals surface area contributed by atoms with Crippen LogP contribution in [0.25, 0.3) is 0 Å². The van der Waals surface area contributed by atoms with Crippen molar-refractivity contribution in [2.24, 2.45) is 5.73 Å². The lowest BCUT2D eigenvalue weighted by Gasteiger charge is -2.11. The number of aryl methyl sites for hydroxylation is 1. The number of ether oxygens (including phenoxy) is 1. The van der Waals surface area contributed by atoms with Gasteiger partial charge in [0.05, 0.1) is 9.50 Å². The Morgan fingerprint density at radius 3 is 2.65 bits per heavy atom. The number of hydrogen-bond donors (Lipinski definition) is 1. The van der Waals surface area contributed by atoms with Crippen LogP contribution in [0.15, 0.2) is 34.8 Å². The van der Waals surface area contributed by atoms with E-state index in [0.717, 1.165) is 5.56 Å². The van der Waals surface area contributed by atoms with Gasteiger partial charge in [0.1, 0.15) is 10.7 Å². The quantitative estimate of drug-likeness (QED) is 0.770. The minimum Gasteiger partial charge on any atom is -0.453 e. The Kier molecular flexibility index (Phi) is 4.62. The number of rotatable bonds is 3. The molecule has 0 bridgehead atoms. The second kappa shape index (κ2) is 6.08. The highest BCUT2D eigenvalue weighted by atomic mass is 79.9. The summed E-state index contributed by atoms with van der Waals surface area (Å²) in [5, 5.41) is 0.407. The van der Waals surface area contributed by atoms with Crippen molar-refractivity contribution >= 4 is 44.7 Å². The Morgan fingerprint density at radius 2 is 2.00 bits per heavy atom. The van der Waals surface area contributed by atoms with Gasteiger partial charge in [-0.15, -0.1) is 0 Å². The summed E-state index contributed by atoms with van der Waals surface area (Å²) >= 11 is 14.0. The van der Waals surface area contributed by atoms with Crippen LogP contribution >= 0.6 is 39.7 Å². The number of nitrogens with two attached hydrogens (primary N) is 1. The maximum Gasteiger partial charge on any atom is 0.180 e. The van der Waals surface area contributed by atoms with Crippen molar-refractivity contribution in [1.29, 1.82) is 0 Å². The first-order valence-corrected chi connectivity index (χ1v) is 7.20. The molecule has 6 heteroatoms. The van der Waals surface area contributed by atoms with Crippen LogP contribution in [0, 0.1) is 12.7 Å². The highest BCUT2D eigenvalue weighted by Gasteiger charge is 2.15. The van der Waals surface area contributed by atoms with Crippen LogP contribution in [0.2, 0.25) is 5.02 Å². The first kappa shape index (κ1) is 15.2. The van der Waals surface area contributed by atoms with Crippen molar-refractivity contribution in [3.63, 3.8) is 0 Å². The standard InChI is InChI=1S/C14H10BrClFNOS/c1-7-2-4-9(16)11(6-7)19-10-5-3-8(14(18)20)12(15)13(10)17/h2-6H,1H3,(H2,18,20). The third kappa shape index (κ3) is 3.11. The van der Waals surface area contributed by atoms with Crippen LogP contribution in [0.1, 0.15) is 11.1 Å². The van der Waals surface area contributed by atoms with Gasteiger partial charge in [-0.2, -0.15) is 0 Å². The highest BCUT2D eigenvalue weighted by Crippen LogP contribution is 2.35. The molecular weight excluding hydrogens is 365 g/mol. The summed E-state index contributed by atoms with van der Waals surface area (Å²) in [5.74, 6) is -0.141. The molecule has 0 aliphatic heterocycles. The van der Waals surface area contributed by atoms with Gasteiger partial charge in [-0.1, -0.05) is 29.9 Å². The lowest BCUT2D eigenvalue weighted by Crippen LogP contribution is -2.11. The van der Waals surface area contributed by atoms with Crippen LogP contribution in [-0.4, -0.2) is 4.99 Å². The highest BCUT2D eigenvalue weighted by molar-refractivity contribution is 9.10. The summed E-state index contributed by atoms with van der Waals surface area (Å²) in [6.45, 7) is 1.89. The lowest BCUT2D eigenvalue weighted by atomic mass is 10.2. The molecule has 0 saturated heterocycles. The fourth-order valence-electron chi connectivity index (χ4n) is 1.61. The smallest absolute Gasteiger partial charge is 0.180 e. The molecule has 2 nitrogen and oxygen atoms in total. The Labute approximate surface area is 134 Å². The van der Waals surface area contributed by atoms with Crippen LogP contribution in [0.4, 0.5) is 4.39 Å². The van der Waals surface area contributed by atoms with E-state index in [1.165, 1.54) is 6.07 Å². The third-order valence-electron chi connectivity index (χ3n) is 2.62. The summed E-state index contributed by atoms with van der Waals surface area (Å²) in [5.41, 5.74) is 6.88. The number of thiocarbonyl (C=S) groups is 1. The van der Waals surface area contributed by atoms with E-state index < -0.39 is 5.82 Å². The number of benzene rings is 2. The molecule has 0 amide bonds. The van der Waals surface area contributed by atoms with Crippen molar-refractivity contribution in [2.75, 3.05) is 0 Å². The Bertz CT molecular complexity index is 693. The van der Waals surface area contributed by atoms with E-state index in [1.54, 1.807) is 18.2 Å². The van der Waals surface area contributed by atoms with E-state index >= 15 is 0 Å². The van der Waals surface area contributed by atoms with E-state index in [2.05, 4.69) is 15.9 Å². The molecule has 0 spiro atoms. The van der Waals surface area contributed by atoms with Crippen molar-refractivity contribution in [1.82, 2.24) is 0 Å². The van der Waals surface area contributed by atoms with Crippen molar-refractivity contribution in [3.05, 3.63) is 56.8 Å². The maximum atomic E-state index is 14.2. The first-order valence-electron chi connectivity index (χ1n) is 5.62. The summed E-state index contributed by atoms with van der Waals surface area (Å²) in [4.78, 5) is 0.107. The molecule has 0 saturated carbocycles. The molecule has 2 aromatic rings. The molecular formula is C14H10BrClFNOS. The molecule has 2 rings (SSSR count). The molecule has 0 unspecified atom stereocenters. The number of hydrogen-bond acceptors (Lipinski definition) is 2. The fourth-order valence-corrected chi connectivity index (χ4v) is 2.61. The zero-order chi connectivity index (χ0) is 14.9. The second-order valence-electron chi connectivity index (χ2n) is 4.14. The average molecular weight is 375 g/mol. The molecule has 0 fully saturated rings. The van der Waals surface area contributed by atoms with E-state index in [1.807, 2.05) is 13.0 Å². The summed E-state index contributed by atoms with van der Waals surface area (Å²) in [6.07, 6.45) is 0. The zero-order valence-electron chi connectivity index (χ0n) is 10.4. The largest absolute Gasteiger partial charge is 0.453 e. The molecule has 0 radical (unpaired) electrons. The SMILES string of the molecule is Cc1ccc(Cl)c(Oc2ccc(C(N)=S)c(Br)c2F)c1. The van der Waals surface area contributed by atoms with Gasteiger partial charge in [0, 0.05) is 5.56 Å². The summed E-state index contributed by atoms with van der Waals surface area (Å²) in [6, 6.07) is 8.33. The third-order valence-corrected chi connectivity index (χ3v) is 3.93. The minimum atomic E-state index is -0.576. The van der Waals surface area contributed by atoms with E-state index in [-0.39, 0.29) is 15.2 Å². The Hall–Kier alpha value is -1.17. The predicted octanol–water partition coefficient (Wildman–Crippen LogP) is 4.98. The Balaban J connectivity index is 2.42. The van der Waals surface area contributed by atoms with Crippen LogP contribution in [0.3, 0.4) is 0 Å². The van der Waals surface area contributed by atoms with Crippen LogP contribution < -0.4 is 10.5 Å². The van der Waals surface area contributed by atoms with Gasteiger partial charge in [0.15, 0.2) is 11.6 Å². The van der Waals surface area contributed by atoms with Gasteiger partial charge in [0.2, 0.25) is 0 Å². The van der Waals surface area contributed by atoms with Crippen LogP contribution in [-0.2, 0) is 0 Å². The maximum absolute atomic E-state index is 14.2. The van der Waals surface area contributed by atoms with E-state index in [0.29, 0.717) is 16.3 Å². The van der Waals surface area contributed by atoms with Crippen molar-refractivity contribution < 1.29 is 9.13 Å². The molecule has 0 aliphatic carbocycles. The van der Waals surface area contributed by atoms with Gasteiger partial charge < -0.3 is 10.5 Å². The zero-order valence-corrected chi connectivity index (χ0v) is 13.6. The van der Waals surface area contributed by atoms with Gasteiger partial charge >= 0.3 is 0 Å². The summed E-state index contributed by atoms with van der Waals surface area (Å²) in [7, 11) is 0.